The van der Waals surface area contributed by atoms with E-state index >= 15 is 0 Å². The normalized spacial score (nSPS) is 11.1. The van der Waals surface area contributed by atoms with Crippen molar-refractivity contribution in [2.45, 2.75) is 0 Å². The van der Waals surface area contributed by atoms with Gasteiger partial charge in [0.2, 0.25) is 0 Å². The Morgan fingerprint density at radius 3 is 2.59 bits per heavy atom. The maximum Gasteiger partial charge on any atom is 0.277 e. The number of amides is 1. The van der Waals surface area contributed by atoms with Gasteiger partial charge in [0.25, 0.3) is 5.91 Å². The molecule has 0 aliphatic carbocycles. The lowest BCUT2D eigenvalue weighted by atomic mass is 10.1. The topological polar surface area (TPSA) is 55.6 Å². The Bertz CT molecular complexity index is 1160. The molecule has 0 spiro atoms. The van der Waals surface area contributed by atoms with E-state index in [9.17, 15) is 4.79 Å². The average molecular weight is 383 g/mol. The summed E-state index contributed by atoms with van der Waals surface area (Å²) in [7, 11) is 1.98. The largest absolute Gasteiger partial charge is 0.483 e. The van der Waals surface area contributed by atoms with E-state index in [0.29, 0.717) is 5.75 Å². The van der Waals surface area contributed by atoms with Gasteiger partial charge in [0.15, 0.2) is 6.61 Å². The highest BCUT2D eigenvalue weighted by atomic mass is 16.5. The molecule has 5 nitrogen and oxygen atoms in total. The van der Waals surface area contributed by atoms with Gasteiger partial charge in [0.1, 0.15) is 5.75 Å². The second kappa shape index (κ2) is 8.44. The molecular formula is C24H21N3O2. The molecule has 0 bridgehead atoms. The number of nitrogens with zero attached hydrogens (tertiary/aromatic N) is 2. The molecular weight excluding hydrogens is 362 g/mol. The number of carbonyl (C=O) groups is 1. The molecule has 4 rings (SSSR count). The third-order valence-corrected chi connectivity index (χ3v) is 4.65. The molecule has 4 aromatic rings. The van der Waals surface area contributed by atoms with Crippen molar-refractivity contribution in [3.8, 4) is 16.9 Å². The van der Waals surface area contributed by atoms with Gasteiger partial charge in [-0.05, 0) is 17.7 Å². The molecule has 0 saturated carbocycles. The van der Waals surface area contributed by atoms with Crippen molar-refractivity contribution in [2.75, 3.05) is 6.61 Å². The molecule has 5 heteroatoms. The number of fused-ring (bicyclic) bond motifs is 1. The van der Waals surface area contributed by atoms with Crippen LogP contribution < -0.4 is 10.2 Å². The number of hydrazone groups is 1. The summed E-state index contributed by atoms with van der Waals surface area (Å²) in [6.45, 7) is -0.114. The average Bonchev–Trinajstić information content (AvgIpc) is 3.09. The van der Waals surface area contributed by atoms with Crippen LogP contribution in [0.2, 0.25) is 0 Å². The fourth-order valence-corrected chi connectivity index (χ4v) is 3.27. The molecule has 0 atom stereocenters. The second-order valence-corrected chi connectivity index (χ2v) is 6.66. The Balaban J connectivity index is 1.39. The molecule has 1 N–H and O–H groups in total. The quantitative estimate of drug-likeness (QED) is 0.397. The van der Waals surface area contributed by atoms with Gasteiger partial charge in [-0.15, -0.1) is 0 Å². The van der Waals surface area contributed by atoms with Gasteiger partial charge < -0.3 is 9.30 Å². The van der Waals surface area contributed by atoms with Crippen LogP contribution in [0, 0.1) is 0 Å². The Morgan fingerprint density at radius 1 is 1.00 bits per heavy atom. The first-order valence-electron chi connectivity index (χ1n) is 9.35. The van der Waals surface area contributed by atoms with Crippen molar-refractivity contribution in [3.63, 3.8) is 0 Å². The molecule has 0 aliphatic rings. The Kier molecular flexibility index (Phi) is 5.38. The first-order valence-corrected chi connectivity index (χ1v) is 9.35. The van der Waals surface area contributed by atoms with Crippen molar-refractivity contribution in [3.05, 3.63) is 90.6 Å². The van der Waals surface area contributed by atoms with Crippen LogP contribution in [0.1, 0.15) is 5.56 Å². The molecule has 0 saturated heterocycles. The van der Waals surface area contributed by atoms with Gasteiger partial charge in [0.05, 0.1) is 6.21 Å². The summed E-state index contributed by atoms with van der Waals surface area (Å²) >= 11 is 0. The summed E-state index contributed by atoms with van der Waals surface area (Å²) in [6, 6.07) is 25.7. The van der Waals surface area contributed by atoms with Crippen LogP contribution in [0.5, 0.6) is 5.75 Å². The Morgan fingerprint density at radius 2 is 1.72 bits per heavy atom. The van der Waals surface area contributed by atoms with Crippen LogP contribution >= 0.6 is 0 Å². The fourth-order valence-electron chi connectivity index (χ4n) is 3.27. The van der Waals surface area contributed by atoms with Crippen molar-refractivity contribution in [1.82, 2.24) is 9.99 Å². The Hall–Kier alpha value is -3.86. The van der Waals surface area contributed by atoms with E-state index in [1.54, 1.807) is 6.21 Å². The predicted octanol–water partition coefficient (Wildman–Crippen LogP) is 4.37. The SMILES string of the molecule is Cn1cc(C=NNC(=O)COc2ccccc2-c2ccccc2)c2ccccc21. The van der Waals surface area contributed by atoms with E-state index in [-0.39, 0.29) is 12.5 Å². The molecule has 0 aliphatic heterocycles. The lowest BCUT2D eigenvalue weighted by Crippen LogP contribution is -2.24. The van der Waals surface area contributed by atoms with Crippen molar-refractivity contribution in [1.29, 1.82) is 0 Å². The van der Waals surface area contributed by atoms with Crippen molar-refractivity contribution >= 4 is 23.0 Å². The summed E-state index contributed by atoms with van der Waals surface area (Å²) in [5.41, 5.74) is 6.57. The van der Waals surface area contributed by atoms with Gasteiger partial charge >= 0.3 is 0 Å². The fraction of sp³-hybridized carbons (Fsp3) is 0.0833. The highest BCUT2D eigenvalue weighted by molar-refractivity contribution is 5.99. The number of ether oxygens (including phenoxy) is 1. The minimum atomic E-state index is -0.315. The number of nitrogens with one attached hydrogen (secondary N) is 1. The first kappa shape index (κ1) is 18.5. The highest BCUT2D eigenvalue weighted by Gasteiger charge is 2.08. The van der Waals surface area contributed by atoms with E-state index in [1.807, 2.05) is 96.7 Å². The van der Waals surface area contributed by atoms with Crippen molar-refractivity contribution < 1.29 is 9.53 Å². The van der Waals surface area contributed by atoms with Crippen LogP contribution in [0.3, 0.4) is 0 Å². The van der Waals surface area contributed by atoms with Crippen LogP contribution in [-0.4, -0.2) is 23.3 Å². The monoisotopic (exact) mass is 383 g/mol. The number of carbonyl (C=O) groups excluding carboxylic acids is 1. The highest BCUT2D eigenvalue weighted by Crippen LogP contribution is 2.29. The number of hydrogen-bond acceptors (Lipinski definition) is 3. The molecule has 0 unspecified atom stereocenters. The van der Waals surface area contributed by atoms with E-state index < -0.39 is 0 Å². The van der Waals surface area contributed by atoms with Gasteiger partial charge in [0, 0.05) is 35.3 Å². The molecule has 1 heterocycles. The summed E-state index contributed by atoms with van der Waals surface area (Å²) in [4.78, 5) is 12.2. The third-order valence-electron chi connectivity index (χ3n) is 4.65. The lowest BCUT2D eigenvalue weighted by molar-refractivity contribution is -0.123. The zero-order valence-electron chi connectivity index (χ0n) is 16.1. The van der Waals surface area contributed by atoms with Crippen LogP contribution in [0.25, 0.3) is 22.0 Å². The van der Waals surface area contributed by atoms with E-state index in [2.05, 4.69) is 10.5 Å². The van der Waals surface area contributed by atoms with Crippen LogP contribution in [-0.2, 0) is 11.8 Å². The van der Waals surface area contributed by atoms with Crippen molar-refractivity contribution in [2.24, 2.45) is 12.1 Å². The maximum atomic E-state index is 12.2. The Labute approximate surface area is 169 Å². The van der Waals surface area contributed by atoms with Gasteiger partial charge in [-0.1, -0.05) is 66.7 Å². The number of aromatic nitrogens is 1. The molecule has 0 fully saturated rings. The molecule has 1 aromatic heterocycles. The predicted molar refractivity (Wildman–Crippen MR) is 116 cm³/mol. The number of para-hydroxylation sites is 2. The van der Waals surface area contributed by atoms with Gasteiger partial charge in [-0.3, -0.25) is 4.79 Å². The maximum absolute atomic E-state index is 12.2. The zero-order chi connectivity index (χ0) is 20.1. The van der Waals surface area contributed by atoms with Crippen LogP contribution in [0.15, 0.2) is 90.2 Å². The molecule has 0 radical (unpaired) electrons. The lowest BCUT2D eigenvalue weighted by Gasteiger charge is -2.10. The zero-order valence-corrected chi connectivity index (χ0v) is 16.1. The molecule has 144 valence electrons. The molecule has 1 amide bonds. The minimum absolute atomic E-state index is 0.114. The molecule has 29 heavy (non-hydrogen) atoms. The summed E-state index contributed by atoms with van der Waals surface area (Å²) in [5, 5.41) is 5.16. The summed E-state index contributed by atoms with van der Waals surface area (Å²) in [6.07, 6.45) is 3.63. The second-order valence-electron chi connectivity index (χ2n) is 6.66. The summed E-state index contributed by atoms with van der Waals surface area (Å²) in [5.74, 6) is 0.344. The third kappa shape index (κ3) is 4.19. The van der Waals surface area contributed by atoms with E-state index in [0.717, 1.165) is 27.6 Å². The molecule has 3 aromatic carbocycles. The van der Waals surface area contributed by atoms with Gasteiger partial charge in [-0.25, -0.2) is 5.43 Å². The summed E-state index contributed by atoms with van der Waals surface area (Å²) < 4.78 is 7.77. The first-order chi connectivity index (χ1) is 14.2. The van der Waals surface area contributed by atoms with Gasteiger partial charge in [-0.2, -0.15) is 5.10 Å². The number of benzene rings is 3. The van der Waals surface area contributed by atoms with E-state index in [4.69, 9.17) is 4.74 Å². The standard InChI is InChI=1S/C24H21N3O2/c1-27-16-19(20-11-5-7-13-22(20)27)15-25-26-24(28)17-29-23-14-8-6-12-21(23)18-9-3-2-4-10-18/h2-16H,17H2,1H3,(H,26,28). The smallest absolute Gasteiger partial charge is 0.277 e. The minimum Gasteiger partial charge on any atom is -0.483 e. The van der Waals surface area contributed by atoms with E-state index in [1.165, 1.54) is 0 Å². The van der Waals surface area contributed by atoms with Crippen LogP contribution in [0.4, 0.5) is 0 Å². The number of hydrogen-bond donors (Lipinski definition) is 1. The number of aryl methyl sites for hydroxylation is 1. The number of rotatable bonds is 6.